The molecule has 2 aromatic heterocycles. The number of imidazole rings is 1. The topological polar surface area (TPSA) is 150 Å². The Labute approximate surface area is 241 Å². The van der Waals surface area contributed by atoms with E-state index < -0.39 is 15.9 Å². The van der Waals surface area contributed by atoms with Crippen LogP contribution in [0, 0.1) is 0 Å². The standard InChI is InChI=1S/C28H29N7O6S/c1-39-24-15-21-23(16-25(24)41-13-10-35-6-4-29-18-35)30-17-31-27(21)26-20-14-19(2-3-22(20)33-28(26)36)42(37,38)32-5-7-34-8-11-40-12-9-34/h2-4,6,14-18,32H,5,7-13H2,1H3. The molecule has 2 aromatic carbocycles. The third kappa shape index (κ3) is 5.74. The second-order valence-corrected chi connectivity index (χ2v) is 11.5. The van der Waals surface area contributed by atoms with Crippen molar-refractivity contribution in [3.05, 3.63) is 71.6 Å². The lowest BCUT2D eigenvalue weighted by molar-refractivity contribution is -0.112. The predicted molar refractivity (Wildman–Crippen MR) is 151 cm³/mol. The highest BCUT2D eigenvalue weighted by Gasteiger charge is 2.25. The fraction of sp³-hybridized carbons (Fsp3) is 0.321. The SMILES string of the molecule is COc1cc2c(C3=c4cc(S(=O)(=O)NCCN5CCOCC5)ccc4=NC3=O)ncnc2cc1OCCn1ccnc1. The van der Waals surface area contributed by atoms with Gasteiger partial charge < -0.3 is 18.8 Å². The minimum atomic E-state index is -3.84. The second-order valence-electron chi connectivity index (χ2n) is 9.71. The number of amides is 1. The average molecular weight is 592 g/mol. The van der Waals surface area contributed by atoms with E-state index >= 15 is 0 Å². The molecule has 1 saturated heterocycles. The van der Waals surface area contributed by atoms with E-state index in [-0.39, 0.29) is 17.0 Å². The van der Waals surface area contributed by atoms with Crippen molar-refractivity contribution in [2.24, 2.45) is 4.99 Å². The zero-order valence-electron chi connectivity index (χ0n) is 22.9. The van der Waals surface area contributed by atoms with Gasteiger partial charge in [-0.2, -0.15) is 0 Å². The van der Waals surface area contributed by atoms with Crippen molar-refractivity contribution in [1.82, 2.24) is 29.1 Å². The summed E-state index contributed by atoms with van der Waals surface area (Å²) in [5.41, 5.74) is 1.05. The van der Waals surface area contributed by atoms with Crippen molar-refractivity contribution < 1.29 is 27.4 Å². The maximum absolute atomic E-state index is 13.2. The van der Waals surface area contributed by atoms with Gasteiger partial charge in [-0.3, -0.25) is 9.69 Å². The third-order valence-electron chi connectivity index (χ3n) is 7.13. The maximum atomic E-state index is 13.2. The molecule has 0 saturated carbocycles. The Bertz CT molecular complexity index is 1860. The molecule has 42 heavy (non-hydrogen) atoms. The van der Waals surface area contributed by atoms with Crippen LogP contribution >= 0.6 is 0 Å². The van der Waals surface area contributed by atoms with E-state index in [0.29, 0.717) is 71.6 Å². The number of ether oxygens (including phenoxy) is 3. The van der Waals surface area contributed by atoms with E-state index in [1.807, 2.05) is 10.8 Å². The van der Waals surface area contributed by atoms with Crippen LogP contribution in [-0.4, -0.2) is 91.9 Å². The number of sulfonamides is 1. The largest absolute Gasteiger partial charge is 0.493 e. The molecular formula is C28H29N7O6S. The fourth-order valence-electron chi connectivity index (χ4n) is 4.95. The highest BCUT2D eigenvalue weighted by Crippen LogP contribution is 2.34. The number of morpholine rings is 1. The highest BCUT2D eigenvalue weighted by molar-refractivity contribution is 7.89. The van der Waals surface area contributed by atoms with Gasteiger partial charge in [-0.1, -0.05) is 0 Å². The number of hydrogen-bond acceptors (Lipinski definition) is 10. The summed E-state index contributed by atoms with van der Waals surface area (Å²) < 4.78 is 47.8. The van der Waals surface area contributed by atoms with Crippen LogP contribution in [0.2, 0.25) is 0 Å². The van der Waals surface area contributed by atoms with Crippen LogP contribution in [0.5, 0.6) is 11.5 Å². The van der Waals surface area contributed by atoms with E-state index in [9.17, 15) is 13.2 Å². The van der Waals surface area contributed by atoms with Gasteiger partial charge in [0.2, 0.25) is 10.0 Å². The lowest BCUT2D eigenvalue weighted by Gasteiger charge is -2.26. The van der Waals surface area contributed by atoms with Crippen molar-refractivity contribution >= 4 is 32.4 Å². The monoisotopic (exact) mass is 591 g/mol. The molecule has 0 aliphatic carbocycles. The van der Waals surface area contributed by atoms with Crippen LogP contribution in [0.15, 0.2) is 65.3 Å². The molecule has 2 aliphatic rings. The molecule has 218 valence electrons. The summed E-state index contributed by atoms with van der Waals surface area (Å²) in [6, 6.07) is 7.89. The minimum Gasteiger partial charge on any atom is -0.493 e. The van der Waals surface area contributed by atoms with E-state index in [1.54, 1.807) is 24.7 Å². The molecule has 0 spiro atoms. The van der Waals surface area contributed by atoms with Crippen molar-refractivity contribution in [2.45, 2.75) is 11.4 Å². The first-order chi connectivity index (χ1) is 20.4. The van der Waals surface area contributed by atoms with Crippen LogP contribution in [0.25, 0.3) is 16.5 Å². The number of aromatic nitrogens is 4. The third-order valence-corrected chi connectivity index (χ3v) is 8.59. The normalized spacial score (nSPS) is 15.5. The molecule has 0 unspecified atom stereocenters. The van der Waals surface area contributed by atoms with E-state index in [1.165, 1.54) is 31.6 Å². The predicted octanol–water partition coefficient (Wildman–Crippen LogP) is -0.117. The second kappa shape index (κ2) is 11.9. The van der Waals surface area contributed by atoms with E-state index in [0.717, 1.165) is 13.1 Å². The summed E-state index contributed by atoms with van der Waals surface area (Å²) in [5, 5.41) is 1.30. The van der Waals surface area contributed by atoms with E-state index in [4.69, 9.17) is 14.2 Å². The van der Waals surface area contributed by atoms with Crippen LogP contribution in [-0.2, 0) is 26.1 Å². The van der Waals surface area contributed by atoms with Crippen LogP contribution < -0.4 is 24.8 Å². The fourth-order valence-corrected chi connectivity index (χ4v) is 6.00. The molecule has 0 atom stereocenters. The number of nitrogens with one attached hydrogen (secondary N) is 1. The lowest BCUT2D eigenvalue weighted by Crippen LogP contribution is -2.41. The molecule has 2 aliphatic heterocycles. The number of carbonyl (C=O) groups is 1. The Balaban J connectivity index is 1.32. The molecular weight excluding hydrogens is 562 g/mol. The lowest BCUT2D eigenvalue weighted by atomic mass is 10.0. The van der Waals surface area contributed by atoms with Gasteiger partial charge in [0.05, 0.1) is 60.2 Å². The minimum absolute atomic E-state index is 0.0372. The number of nitrogens with zero attached hydrogens (tertiary/aromatic N) is 6. The highest BCUT2D eigenvalue weighted by atomic mass is 32.2. The van der Waals surface area contributed by atoms with Crippen molar-refractivity contribution in [2.75, 3.05) is 53.1 Å². The summed E-state index contributed by atoms with van der Waals surface area (Å²) in [4.78, 5) is 32.3. The first-order valence-corrected chi connectivity index (χ1v) is 14.9. The molecule has 14 heteroatoms. The van der Waals surface area contributed by atoms with Crippen LogP contribution in [0.3, 0.4) is 0 Å². The van der Waals surface area contributed by atoms with Gasteiger partial charge in [0, 0.05) is 55.2 Å². The van der Waals surface area contributed by atoms with Gasteiger partial charge >= 0.3 is 0 Å². The number of benzene rings is 2. The van der Waals surface area contributed by atoms with E-state index in [2.05, 4.69) is 29.6 Å². The molecule has 1 N–H and O–H groups in total. The Hall–Kier alpha value is -4.24. The van der Waals surface area contributed by atoms with Gasteiger partial charge in [-0.15, -0.1) is 0 Å². The summed E-state index contributed by atoms with van der Waals surface area (Å²) in [7, 11) is -2.32. The van der Waals surface area contributed by atoms with Crippen molar-refractivity contribution in [3.8, 4) is 11.5 Å². The molecule has 13 nitrogen and oxygen atoms in total. The molecule has 4 heterocycles. The molecule has 0 radical (unpaired) electrons. The van der Waals surface area contributed by atoms with Gasteiger partial charge in [-0.25, -0.2) is 33.1 Å². The quantitative estimate of drug-likeness (QED) is 0.250. The molecule has 1 amide bonds. The molecule has 4 aromatic rings. The number of rotatable bonds is 11. The summed E-state index contributed by atoms with van der Waals surface area (Å²) in [6.07, 6.45) is 6.60. The zero-order valence-corrected chi connectivity index (χ0v) is 23.7. The Kier molecular flexibility index (Phi) is 7.93. The average Bonchev–Trinajstić information content (AvgIpc) is 3.63. The van der Waals surface area contributed by atoms with Gasteiger partial charge in [0.15, 0.2) is 11.5 Å². The molecule has 1 fully saturated rings. The van der Waals surface area contributed by atoms with Crippen LogP contribution in [0.1, 0.15) is 5.69 Å². The molecule has 0 bridgehead atoms. The Morgan fingerprint density at radius 3 is 2.71 bits per heavy atom. The number of carbonyl (C=O) groups excluding carboxylic acids is 1. The number of methoxy groups -OCH3 is 1. The zero-order chi connectivity index (χ0) is 29.1. The molecule has 6 rings (SSSR count). The summed E-state index contributed by atoms with van der Waals surface area (Å²) >= 11 is 0. The number of hydrogen-bond donors (Lipinski definition) is 1. The van der Waals surface area contributed by atoms with Gasteiger partial charge in [0.25, 0.3) is 5.91 Å². The first-order valence-electron chi connectivity index (χ1n) is 13.4. The smallest absolute Gasteiger partial charge is 0.280 e. The van der Waals surface area contributed by atoms with Crippen molar-refractivity contribution in [1.29, 1.82) is 0 Å². The Morgan fingerprint density at radius 2 is 1.93 bits per heavy atom. The van der Waals surface area contributed by atoms with Gasteiger partial charge in [-0.05, 0) is 24.3 Å². The Morgan fingerprint density at radius 1 is 1.07 bits per heavy atom. The summed E-state index contributed by atoms with van der Waals surface area (Å²) in [5.74, 6) is 0.409. The summed E-state index contributed by atoms with van der Waals surface area (Å²) in [6.45, 7) is 4.59. The van der Waals surface area contributed by atoms with Crippen LogP contribution in [0.4, 0.5) is 0 Å². The first kappa shape index (κ1) is 27.9. The van der Waals surface area contributed by atoms with Crippen molar-refractivity contribution in [3.63, 3.8) is 0 Å². The number of fused-ring (bicyclic) bond motifs is 2. The maximum Gasteiger partial charge on any atom is 0.280 e. The van der Waals surface area contributed by atoms with Gasteiger partial charge in [0.1, 0.15) is 12.9 Å².